The Balaban J connectivity index is 1.73. The number of nitrogens with zero attached hydrogens (tertiary/aromatic N) is 3. The topological polar surface area (TPSA) is 55.2 Å². The molecule has 1 aromatic heterocycles. The maximum Gasteiger partial charge on any atom is 0.253 e. The number of amides is 1. The highest BCUT2D eigenvalue weighted by Gasteiger charge is 2.24. The van der Waals surface area contributed by atoms with Crippen LogP contribution in [0.2, 0.25) is 0 Å². The fourth-order valence-corrected chi connectivity index (χ4v) is 2.91. The Hall–Kier alpha value is -2.43. The lowest BCUT2D eigenvalue weighted by Gasteiger charge is -2.17. The lowest BCUT2D eigenvalue weighted by molar-refractivity contribution is -0.119. The minimum absolute atomic E-state index is 0.0359. The zero-order chi connectivity index (χ0) is 16.2. The van der Waals surface area contributed by atoms with Crippen LogP contribution in [0, 0.1) is 0 Å². The maximum atomic E-state index is 12.5. The number of unbranched alkanes of at least 4 members (excludes halogenated alkanes) is 1. The van der Waals surface area contributed by atoms with E-state index in [-0.39, 0.29) is 18.0 Å². The largest absolute Gasteiger partial charge is 0.310 e. The van der Waals surface area contributed by atoms with E-state index in [1.54, 1.807) is 11.0 Å². The van der Waals surface area contributed by atoms with E-state index in [1.807, 2.05) is 24.3 Å². The molecule has 120 valence electrons. The minimum atomic E-state index is -0.160. The van der Waals surface area contributed by atoms with Crippen LogP contribution in [0.1, 0.15) is 31.0 Å². The predicted octanol–water partition coefficient (Wildman–Crippen LogP) is 2.18. The van der Waals surface area contributed by atoms with Crippen LogP contribution in [0.5, 0.6) is 0 Å². The van der Waals surface area contributed by atoms with Gasteiger partial charge < -0.3 is 4.90 Å². The van der Waals surface area contributed by atoms with Crippen molar-refractivity contribution in [3.05, 3.63) is 58.3 Å². The molecular weight excluding hydrogens is 290 g/mol. The molecule has 2 heterocycles. The zero-order valence-corrected chi connectivity index (χ0v) is 13.4. The highest BCUT2D eigenvalue weighted by Crippen LogP contribution is 2.27. The van der Waals surface area contributed by atoms with Crippen molar-refractivity contribution in [3.8, 4) is 0 Å². The van der Waals surface area contributed by atoms with E-state index in [0.717, 1.165) is 37.1 Å². The van der Waals surface area contributed by atoms with Crippen LogP contribution in [-0.4, -0.2) is 22.0 Å². The molecule has 1 amide bonds. The van der Waals surface area contributed by atoms with Gasteiger partial charge in [0.2, 0.25) is 5.91 Å². The molecule has 0 unspecified atom stereocenters. The van der Waals surface area contributed by atoms with Gasteiger partial charge in [-0.3, -0.25) is 14.2 Å². The standard InChI is InChI=1S/C18H21N3O2/c1-2-3-7-15-11-17(22)20(13-19-15)12-18(23)21-10-9-14-6-4-5-8-16(14)21/h4-6,8,11,13H,2-3,7,9-10,12H2,1H3. The highest BCUT2D eigenvalue weighted by molar-refractivity contribution is 5.95. The van der Waals surface area contributed by atoms with Gasteiger partial charge in [0.25, 0.3) is 5.56 Å². The first-order valence-corrected chi connectivity index (χ1v) is 8.12. The van der Waals surface area contributed by atoms with Gasteiger partial charge >= 0.3 is 0 Å². The van der Waals surface area contributed by atoms with E-state index in [0.29, 0.717) is 6.54 Å². The van der Waals surface area contributed by atoms with Crippen LogP contribution in [-0.2, 0) is 24.2 Å². The van der Waals surface area contributed by atoms with Crippen molar-refractivity contribution in [2.45, 2.75) is 39.2 Å². The summed E-state index contributed by atoms with van der Waals surface area (Å²) in [5.41, 5.74) is 2.78. The summed E-state index contributed by atoms with van der Waals surface area (Å²) in [4.78, 5) is 30.7. The molecule has 3 rings (SSSR count). The molecule has 2 aromatic rings. The summed E-state index contributed by atoms with van der Waals surface area (Å²) in [7, 11) is 0. The number of carbonyl (C=O) groups excluding carboxylic acids is 1. The molecule has 5 heteroatoms. The van der Waals surface area contributed by atoms with E-state index in [4.69, 9.17) is 0 Å². The summed E-state index contributed by atoms with van der Waals surface area (Å²) in [6, 6.07) is 9.45. The molecule has 1 aromatic carbocycles. The lowest BCUT2D eigenvalue weighted by atomic mass is 10.2. The first-order chi connectivity index (χ1) is 11.2. The van der Waals surface area contributed by atoms with Crippen LogP contribution in [0.4, 0.5) is 5.69 Å². The van der Waals surface area contributed by atoms with Crippen LogP contribution in [0.3, 0.4) is 0 Å². The van der Waals surface area contributed by atoms with Gasteiger partial charge in [-0.15, -0.1) is 0 Å². The molecule has 0 atom stereocenters. The summed E-state index contributed by atoms with van der Waals surface area (Å²) in [6.45, 7) is 2.82. The third-order valence-electron chi connectivity index (χ3n) is 4.22. The van der Waals surface area contributed by atoms with Crippen molar-refractivity contribution in [2.24, 2.45) is 0 Å². The molecule has 0 saturated heterocycles. The second-order valence-corrected chi connectivity index (χ2v) is 5.87. The quantitative estimate of drug-likeness (QED) is 0.850. The number of carbonyl (C=O) groups is 1. The first-order valence-electron chi connectivity index (χ1n) is 8.12. The molecule has 1 aliphatic heterocycles. The van der Waals surface area contributed by atoms with Gasteiger partial charge in [-0.1, -0.05) is 31.5 Å². The van der Waals surface area contributed by atoms with Gasteiger partial charge in [-0.2, -0.15) is 0 Å². The third-order valence-corrected chi connectivity index (χ3v) is 4.22. The van der Waals surface area contributed by atoms with Crippen LogP contribution in [0.15, 0.2) is 41.5 Å². The fourth-order valence-electron chi connectivity index (χ4n) is 2.91. The fraction of sp³-hybridized carbons (Fsp3) is 0.389. The predicted molar refractivity (Wildman–Crippen MR) is 89.6 cm³/mol. The Bertz CT molecular complexity index is 767. The monoisotopic (exact) mass is 311 g/mol. The Morgan fingerprint density at radius 3 is 2.91 bits per heavy atom. The molecule has 0 fully saturated rings. The number of rotatable bonds is 5. The van der Waals surface area contributed by atoms with E-state index in [9.17, 15) is 9.59 Å². The van der Waals surface area contributed by atoms with Crippen molar-refractivity contribution in [1.82, 2.24) is 9.55 Å². The molecule has 0 saturated carbocycles. The average Bonchev–Trinajstić information content (AvgIpc) is 2.99. The Labute approximate surface area is 135 Å². The minimum Gasteiger partial charge on any atom is -0.310 e. The number of hydrogen-bond donors (Lipinski definition) is 0. The number of anilines is 1. The van der Waals surface area contributed by atoms with Crippen molar-refractivity contribution in [3.63, 3.8) is 0 Å². The van der Waals surface area contributed by atoms with Gasteiger partial charge in [-0.25, -0.2) is 4.98 Å². The van der Waals surface area contributed by atoms with Crippen LogP contribution < -0.4 is 10.5 Å². The summed E-state index contributed by atoms with van der Waals surface area (Å²) in [6.07, 6.45) is 5.25. The highest BCUT2D eigenvalue weighted by atomic mass is 16.2. The van der Waals surface area contributed by atoms with Gasteiger partial charge in [0.05, 0.1) is 6.33 Å². The second-order valence-electron chi connectivity index (χ2n) is 5.87. The third kappa shape index (κ3) is 3.33. The molecule has 0 radical (unpaired) electrons. The maximum absolute atomic E-state index is 12.5. The van der Waals surface area contributed by atoms with Crippen molar-refractivity contribution >= 4 is 11.6 Å². The van der Waals surface area contributed by atoms with Crippen molar-refractivity contribution in [1.29, 1.82) is 0 Å². The Morgan fingerprint density at radius 2 is 2.13 bits per heavy atom. The average molecular weight is 311 g/mol. The Morgan fingerprint density at radius 1 is 1.30 bits per heavy atom. The normalized spacial score (nSPS) is 13.2. The number of benzene rings is 1. The van der Waals surface area contributed by atoms with Crippen molar-refractivity contribution in [2.75, 3.05) is 11.4 Å². The molecule has 0 N–H and O–H groups in total. The summed E-state index contributed by atoms with van der Waals surface area (Å²) in [5.74, 6) is -0.0693. The summed E-state index contributed by atoms with van der Waals surface area (Å²) < 4.78 is 1.39. The summed E-state index contributed by atoms with van der Waals surface area (Å²) >= 11 is 0. The van der Waals surface area contributed by atoms with Gasteiger partial charge in [0.15, 0.2) is 0 Å². The molecule has 0 bridgehead atoms. The molecular formula is C18H21N3O2. The van der Waals surface area contributed by atoms with E-state index >= 15 is 0 Å². The van der Waals surface area contributed by atoms with E-state index in [2.05, 4.69) is 11.9 Å². The molecule has 5 nitrogen and oxygen atoms in total. The number of aryl methyl sites for hydroxylation is 1. The summed E-state index contributed by atoms with van der Waals surface area (Å²) in [5, 5.41) is 0. The lowest BCUT2D eigenvalue weighted by Crippen LogP contribution is -2.35. The molecule has 0 spiro atoms. The Kier molecular flexibility index (Phi) is 4.55. The zero-order valence-electron chi connectivity index (χ0n) is 13.4. The molecule has 1 aliphatic rings. The van der Waals surface area contributed by atoms with Gasteiger partial charge in [-0.05, 0) is 30.9 Å². The smallest absolute Gasteiger partial charge is 0.253 e. The molecule has 23 heavy (non-hydrogen) atoms. The SMILES string of the molecule is CCCCc1cc(=O)n(CC(=O)N2CCc3ccccc32)cn1. The van der Waals surface area contributed by atoms with Crippen LogP contribution in [0.25, 0.3) is 0 Å². The number of hydrogen-bond acceptors (Lipinski definition) is 3. The number of fused-ring (bicyclic) bond motifs is 1. The van der Waals surface area contributed by atoms with Crippen LogP contribution >= 0.6 is 0 Å². The first kappa shape index (κ1) is 15.5. The van der Waals surface area contributed by atoms with Crippen molar-refractivity contribution < 1.29 is 4.79 Å². The molecule has 0 aliphatic carbocycles. The van der Waals surface area contributed by atoms with E-state index < -0.39 is 0 Å². The second kappa shape index (κ2) is 6.77. The number of para-hydroxylation sites is 1. The van der Waals surface area contributed by atoms with Gasteiger partial charge in [0, 0.05) is 24.0 Å². The van der Waals surface area contributed by atoms with Gasteiger partial charge in [0.1, 0.15) is 6.54 Å². The number of aromatic nitrogens is 2. The van der Waals surface area contributed by atoms with E-state index in [1.165, 1.54) is 16.5 Å².